The van der Waals surface area contributed by atoms with Crippen molar-refractivity contribution in [3.8, 4) is 34.7 Å². The number of benzene rings is 2. The SMILES string of the molecule is COc1cc([C@@H]2C(C#N)=C(N)Oc3n[nH]c(-c4ccc(Cl)cc4)c32)ccc1OC1CCCC1. The summed E-state index contributed by atoms with van der Waals surface area (Å²) >= 11 is 6.07. The molecule has 1 atom stereocenters. The lowest BCUT2D eigenvalue weighted by atomic mass is 9.83. The molecule has 3 aromatic rings. The second kappa shape index (κ2) is 8.72. The molecule has 168 valence electrons. The number of nitrogens with one attached hydrogen (secondary N) is 1. The van der Waals surface area contributed by atoms with Crippen LogP contribution >= 0.6 is 11.6 Å². The minimum atomic E-state index is -0.488. The minimum Gasteiger partial charge on any atom is -0.493 e. The Morgan fingerprint density at radius 3 is 2.61 bits per heavy atom. The molecule has 1 aliphatic heterocycles. The van der Waals surface area contributed by atoms with E-state index in [4.69, 9.17) is 31.5 Å². The molecular formula is C25H23ClN4O3. The molecule has 33 heavy (non-hydrogen) atoms. The molecule has 5 rings (SSSR count). The van der Waals surface area contributed by atoms with Gasteiger partial charge in [-0.05, 0) is 55.5 Å². The second-order valence-electron chi connectivity index (χ2n) is 8.18. The molecule has 2 aliphatic rings. The third kappa shape index (κ3) is 3.87. The van der Waals surface area contributed by atoms with E-state index in [9.17, 15) is 5.26 Å². The molecule has 1 aliphatic carbocycles. The van der Waals surface area contributed by atoms with Crippen LogP contribution in [0.15, 0.2) is 53.9 Å². The van der Waals surface area contributed by atoms with Crippen molar-refractivity contribution >= 4 is 11.6 Å². The van der Waals surface area contributed by atoms with Crippen LogP contribution in [0.25, 0.3) is 11.3 Å². The predicted octanol–water partition coefficient (Wildman–Crippen LogP) is 5.28. The van der Waals surface area contributed by atoms with Crippen molar-refractivity contribution in [3.63, 3.8) is 0 Å². The Labute approximate surface area is 196 Å². The highest BCUT2D eigenvalue weighted by atomic mass is 35.5. The first-order valence-electron chi connectivity index (χ1n) is 10.9. The Morgan fingerprint density at radius 2 is 1.91 bits per heavy atom. The van der Waals surface area contributed by atoms with E-state index in [1.54, 1.807) is 19.2 Å². The number of allylic oxidation sites excluding steroid dienone is 1. The lowest BCUT2D eigenvalue weighted by Crippen LogP contribution is -2.21. The predicted molar refractivity (Wildman–Crippen MR) is 124 cm³/mol. The third-order valence-corrected chi connectivity index (χ3v) is 6.44. The van der Waals surface area contributed by atoms with Gasteiger partial charge in [-0.2, -0.15) is 5.26 Å². The van der Waals surface area contributed by atoms with E-state index in [1.165, 1.54) is 12.8 Å². The monoisotopic (exact) mass is 462 g/mol. The number of H-pyrrole nitrogens is 1. The number of nitrogens with zero attached hydrogens (tertiary/aromatic N) is 2. The Kier molecular flexibility index (Phi) is 5.61. The number of fused-ring (bicyclic) bond motifs is 1. The molecule has 0 saturated heterocycles. The van der Waals surface area contributed by atoms with E-state index in [0.717, 1.165) is 35.2 Å². The Hall–Kier alpha value is -3.63. The maximum absolute atomic E-state index is 9.95. The first-order chi connectivity index (χ1) is 16.1. The van der Waals surface area contributed by atoms with Gasteiger partial charge in [0, 0.05) is 10.6 Å². The quantitative estimate of drug-likeness (QED) is 0.534. The van der Waals surface area contributed by atoms with Crippen LogP contribution in [0.4, 0.5) is 0 Å². The highest BCUT2D eigenvalue weighted by molar-refractivity contribution is 6.30. The third-order valence-electron chi connectivity index (χ3n) is 6.19. The fourth-order valence-corrected chi connectivity index (χ4v) is 4.69. The molecule has 2 heterocycles. The average Bonchev–Trinajstić information content (AvgIpc) is 3.49. The summed E-state index contributed by atoms with van der Waals surface area (Å²) in [5.74, 6) is 1.19. The summed E-state index contributed by atoms with van der Waals surface area (Å²) in [6.45, 7) is 0. The van der Waals surface area contributed by atoms with Crippen LogP contribution in [0.3, 0.4) is 0 Å². The number of rotatable bonds is 5. The van der Waals surface area contributed by atoms with Gasteiger partial charge in [-0.25, -0.2) is 0 Å². The normalized spacial score (nSPS) is 17.9. The zero-order chi connectivity index (χ0) is 22.9. The average molecular weight is 463 g/mol. The molecule has 0 spiro atoms. The van der Waals surface area contributed by atoms with Crippen molar-refractivity contribution in [2.24, 2.45) is 5.73 Å². The molecule has 3 N–H and O–H groups in total. The van der Waals surface area contributed by atoms with Gasteiger partial charge < -0.3 is 19.9 Å². The van der Waals surface area contributed by atoms with Gasteiger partial charge >= 0.3 is 0 Å². The van der Waals surface area contributed by atoms with Crippen molar-refractivity contribution in [1.82, 2.24) is 10.2 Å². The summed E-state index contributed by atoms with van der Waals surface area (Å²) in [6.07, 6.45) is 4.66. The van der Waals surface area contributed by atoms with Crippen LogP contribution < -0.4 is 19.9 Å². The van der Waals surface area contributed by atoms with Crippen LogP contribution in [-0.4, -0.2) is 23.4 Å². The lowest BCUT2D eigenvalue weighted by Gasteiger charge is -2.25. The highest BCUT2D eigenvalue weighted by Crippen LogP contribution is 2.47. The zero-order valence-corrected chi connectivity index (χ0v) is 18.9. The van der Waals surface area contributed by atoms with Crippen LogP contribution in [0, 0.1) is 11.3 Å². The summed E-state index contributed by atoms with van der Waals surface area (Å²) < 4.78 is 17.5. The van der Waals surface area contributed by atoms with Crippen molar-refractivity contribution in [3.05, 3.63) is 70.1 Å². The topological polar surface area (TPSA) is 106 Å². The first kappa shape index (κ1) is 21.2. The molecule has 0 radical (unpaired) electrons. The number of ether oxygens (including phenoxy) is 3. The van der Waals surface area contributed by atoms with Gasteiger partial charge in [-0.3, -0.25) is 5.10 Å². The van der Waals surface area contributed by atoms with Gasteiger partial charge in [-0.15, -0.1) is 5.10 Å². The zero-order valence-electron chi connectivity index (χ0n) is 18.1. The molecule has 7 nitrogen and oxygen atoms in total. The van der Waals surface area contributed by atoms with Gasteiger partial charge in [0.25, 0.3) is 0 Å². The van der Waals surface area contributed by atoms with Crippen LogP contribution in [0.5, 0.6) is 17.4 Å². The Morgan fingerprint density at radius 1 is 1.15 bits per heavy atom. The van der Waals surface area contributed by atoms with Gasteiger partial charge in [0.1, 0.15) is 11.6 Å². The van der Waals surface area contributed by atoms with Crippen LogP contribution in [-0.2, 0) is 0 Å². The number of halogens is 1. The summed E-state index contributed by atoms with van der Waals surface area (Å²) in [5, 5.41) is 17.9. The number of aromatic amines is 1. The molecule has 1 saturated carbocycles. The fourth-order valence-electron chi connectivity index (χ4n) is 4.56. The van der Waals surface area contributed by atoms with Crippen molar-refractivity contribution in [2.45, 2.75) is 37.7 Å². The fraction of sp³-hybridized carbons (Fsp3) is 0.280. The molecule has 1 aromatic heterocycles. The highest BCUT2D eigenvalue weighted by Gasteiger charge is 2.36. The van der Waals surface area contributed by atoms with Crippen molar-refractivity contribution in [2.75, 3.05) is 7.11 Å². The van der Waals surface area contributed by atoms with Gasteiger partial charge in [0.15, 0.2) is 11.5 Å². The summed E-state index contributed by atoms with van der Waals surface area (Å²) in [4.78, 5) is 0. The van der Waals surface area contributed by atoms with Crippen LogP contribution in [0.1, 0.15) is 42.7 Å². The van der Waals surface area contributed by atoms with Gasteiger partial charge in [0.05, 0.1) is 30.4 Å². The van der Waals surface area contributed by atoms with Crippen molar-refractivity contribution < 1.29 is 14.2 Å². The number of hydrogen-bond acceptors (Lipinski definition) is 6. The lowest BCUT2D eigenvalue weighted by molar-refractivity contribution is 0.200. The van der Waals surface area contributed by atoms with Gasteiger partial charge in [0.2, 0.25) is 11.8 Å². The summed E-state index contributed by atoms with van der Waals surface area (Å²) in [5.41, 5.74) is 9.59. The number of nitrogens with two attached hydrogens (primary N) is 1. The van der Waals surface area contributed by atoms with E-state index in [1.807, 2.05) is 30.3 Å². The number of aromatic nitrogens is 2. The molecule has 1 fully saturated rings. The number of nitriles is 1. The minimum absolute atomic E-state index is 0.0365. The molecule has 0 amide bonds. The summed E-state index contributed by atoms with van der Waals surface area (Å²) in [7, 11) is 1.61. The smallest absolute Gasteiger partial charge is 0.244 e. The maximum atomic E-state index is 9.95. The number of hydrogen-bond donors (Lipinski definition) is 2. The Balaban J connectivity index is 1.60. The Bertz CT molecular complexity index is 1250. The molecule has 0 unspecified atom stereocenters. The second-order valence-corrected chi connectivity index (χ2v) is 8.62. The summed E-state index contributed by atoms with van der Waals surface area (Å²) in [6, 6.07) is 15.3. The van der Waals surface area contributed by atoms with E-state index >= 15 is 0 Å². The maximum Gasteiger partial charge on any atom is 0.244 e. The first-order valence-corrected chi connectivity index (χ1v) is 11.2. The number of methoxy groups -OCH3 is 1. The molecule has 8 heteroatoms. The van der Waals surface area contributed by atoms with E-state index in [2.05, 4.69) is 16.3 Å². The van der Waals surface area contributed by atoms with Crippen LogP contribution in [0.2, 0.25) is 5.02 Å². The van der Waals surface area contributed by atoms with Gasteiger partial charge in [-0.1, -0.05) is 29.8 Å². The molecule has 0 bridgehead atoms. The molecule has 2 aromatic carbocycles. The van der Waals surface area contributed by atoms with Crippen molar-refractivity contribution in [1.29, 1.82) is 5.26 Å². The molecular weight excluding hydrogens is 440 g/mol. The van der Waals surface area contributed by atoms with E-state index in [-0.39, 0.29) is 12.0 Å². The van der Waals surface area contributed by atoms with E-state index in [0.29, 0.717) is 28.0 Å². The van der Waals surface area contributed by atoms with E-state index < -0.39 is 5.92 Å². The standard InChI is InChI=1S/C25H23ClN4O3/c1-31-20-12-15(8-11-19(20)32-17-4-2-3-5-17)21-18(13-27)24(28)33-25-22(21)23(29-30-25)14-6-9-16(26)10-7-14/h6-12,17,21H,2-5,28H2,1H3,(H,29,30)/t21-/m1/s1. The largest absolute Gasteiger partial charge is 0.493 e.